The van der Waals surface area contributed by atoms with Crippen LogP contribution in [0.1, 0.15) is 22.8 Å². The highest BCUT2D eigenvalue weighted by atomic mass is 32.2. The van der Waals surface area contributed by atoms with Crippen molar-refractivity contribution in [2.45, 2.75) is 24.8 Å². The number of benzene rings is 3. The number of rotatable bonds is 5. The molecule has 0 saturated carbocycles. The molecule has 0 aliphatic rings. The Morgan fingerprint density at radius 1 is 0.920 bits per heavy atom. The van der Waals surface area contributed by atoms with Gasteiger partial charge in [-0.15, -0.1) is 0 Å². The zero-order chi connectivity index (χ0) is 18.0. The van der Waals surface area contributed by atoms with Gasteiger partial charge >= 0.3 is 0 Å². The fourth-order valence-corrected chi connectivity index (χ4v) is 3.70. The van der Waals surface area contributed by atoms with E-state index in [-0.39, 0.29) is 10.7 Å². The second-order valence-electron chi connectivity index (χ2n) is 5.90. The fourth-order valence-electron chi connectivity index (χ4n) is 2.65. The van der Waals surface area contributed by atoms with Gasteiger partial charge in [0, 0.05) is 5.56 Å². The third-order valence-corrected chi connectivity index (χ3v) is 5.40. The van der Waals surface area contributed by atoms with Crippen molar-refractivity contribution in [2.75, 3.05) is 0 Å². The normalized spacial score (nSPS) is 12.9. The molecule has 3 rings (SSSR count). The first-order valence-corrected chi connectivity index (χ1v) is 9.31. The largest absolute Gasteiger partial charge is 0.297 e. The van der Waals surface area contributed by atoms with Gasteiger partial charge in [-0.25, -0.2) is 0 Å². The Hall–Kier alpha value is -2.50. The smallest absolute Gasteiger partial charge is 0.291 e. The zero-order valence-electron chi connectivity index (χ0n) is 14.0. The van der Waals surface area contributed by atoms with E-state index in [0.717, 1.165) is 16.3 Å². The van der Waals surface area contributed by atoms with Crippen molar-refractivity contribution in [3.05, 3.63) is 77.9 Å². The van der Waals surface area contributed by atoms with E-state index in [1.807, 2.05) is 37.3 Å². The van der Waals surface area contributed by atoms with E-state index < -0.39 is 16.2 Å². The Kier molecular flexibility index (Phi) is 4.70. The summed E-state index contributed by atoms with van der Waals surface area (Å²) >= 11 is 0. The van der Waals surface area contributed by atoms with Crippen LogP contribution in [-0.4, -0.2) is 20.3 Å². The van der Waals surface area contributed by atoms with Gasteiger partial charge in [0.25, 0.3) is 10.1 Å². The molecule has 0 aromatic heterocycles. The number of hydrogen-bond donors (Lipinski definition) is 0. The van der Waals surface area contributed by atoms with Gasteiger partial charge in [0.1, 0.15) is 6.10 Å². The second kappa shape index (κ2) is 6.78. The van der Waals surface area contributed by atoms with E-state index in [9.17, 15) is 13.2 Å². The van der Waals surface area contributed by atoms with E-state index >= 15 is 0 Å². The first kappa shape index (κ1) is 17.3. The summed E-state index contributed by atoms with van der Waals surface area (Å²) in [6, 6.07) is 19.2. The lowest BCUT2D eigenvalue weighted by Gasteiger charge is -2.14. The second-order valence-corrected chi connectivity index (χ2v) is 7.47. The summed E-state index contributed by atoms with van der Waals surface area (Å²) in [6.07, 6.45) is -1.11. The number of fused-ring (bicyclic) bond motifs is 1. The van der Waals surface area contributed by atoms with E-state index in [2.05, 4.69) is 0 Å². The summed E-state index contributed by atoms with van der Waals surface area (Å²) in [4.78, 5) is 12.8. The molecule has 0 bridgehead atoms. The van der Waals surface area contributed by atoms with Crippen LogP contribution < -0.4 is 0 Å². The molecule has 0 radical (unpaired) electrons. The molecule has 5 heteroatoms. The molecule has 0 aliphatic heterocycles. The molecule has 128 valence electrons. The molecular formula is C20H18O4S. The lowest BCUT2D eigenvalue weighted by molar-refractivity contribution is 0.0827. The van der Waals surface area contributed by atoms with Crippen LogP contribution in [0.4, 0.5) is 0 Å². The number of Topliss-reactive ketones (excluding diaryl/α,β-unsaturated/α-hetero) is 1. The molecule has 0 spiro atoms. The van der Waals surface area contributed by atoms with Crippen molar-refractivity contribution in [3.63, 3.8) is 0 Å². The van der Waals surface area contributed by atoms with Gasteiger partial charge in [-0.2, -0.15) is 8.42 Å². The molecule has 4 nitrogen and oxygen atoms in total. The van der Waals surface area contributed by atoms with Crippen molar-refractivity contribution in [2.24, 2.45) is 0 Å². The number of carbonyl (C=O) groups excluding carboxylic acids is 1. The Bertz CT molecular complexity index is 1020. The van der Waals surface area contributed by atoms with Gasteiger partial charge in [0.05, 0.1) is 4.90 Å². The molecule has 0 N–H and O–H groups in total. The Balaban J connectivity index is 1.88. The number of carbonyl (C=O) groups is 1. The fraction of sp³-hybridized carbons (Fsp3) is 0.150. The van der Waals surface area contributed by atoms with Gasteiger partial charge in [-0.1, -0.05) is 60.2 Å². The Morgan fingerprint density at radius 3 is 2.28 bits per heavy atom. The lowest BCUT2D eigenvalue weighted by atomic mass is 9.99. The van der Waals surface area contributed by atoms with Gasteiger partial charge in [0.15, 0.2) is 5.78 Å². The molecule has 3 aromatic carbocycles. The summed E-state index contributed by atoms with van der Waals surface area (Å²) in [6.45, 7) is 3.32. The molecule has 3 aromatic rings. The van der Waals surface area contributed by atoms with Crippen LogP contribution in [0.2, 0.25) is 0 Å². The number of aryl methyl sites for hydroxylation is 1. The average molecular weight is 354 g/mol. The minimum absolute atomic E-state index is 0.0377. The van der Waals surface area contributed by atoms with E-state index in [0.29, 0.717) is 5.56 Å². The maximum atomic E-state index is 12.7. The highest BCUT2D eigenvalue weighted by Crippen LogP contribution is 2.22. The molecule has 0 aliphatic carbocycles. The average Bonchev–Trinajstić information content (AvgIpc) is 2.60. The summed E-state index contributed by atoms with van der Waals surface area (Å²) < 4.78 is 29.9. The summed E-state index contributed by atoms with van der Waals surface area (Å²) in [7, 11) is -4.00. The van der Waals surface area contributed by atoms with Crippen molar-refractivity contribution in [3.8, 4) is 0 Å². The van der Waals surface area contributed by atoms with Crippen LogP contribution in [0.25, 0.3) is 10.8 Å². The van der Waals surface area contributed by atoms with Crippen LogP contribution in [-0.2, 0) is 14.3 Å². The Morgan fingerprint density at radius 2 is 1.56 bits per heavy atom. The van der Waals surface area contributed by atoms with Crippen LogP contribution in [0, 0.1) is 6.92 Å². The van der Waals surface area contributed by atoms with Crippen LogP contribution >= 0.6 is 0 Å². The first-order valence-electron chi connectivity index (χ1n) is 7.90. The molecule has 0 heterocycles. The molecule has 0 fully saturated rings. The van der Waals surface area contributed by atoms with Gasteiger partial charge in [0.2, 0.25) is 0 Å². The highest BCUT2D eigenvalue weighted by molar-refractivity contribution is 7.86. The number of ketones is 1. The minimum Gasteiger partial charge on any atom is -0.291 e. The Labute approximate surface area is 147 Å². The minimum atomic E-state index is -4.00. The van der Waals surface area contributed by atoms with Crippen molar-refractivity contribution in [1.82, 2.24) is 0 Å². The predicted octanol–water partition coefficient (Wildman–Crippen LogP) is 4.12. The summed E-state index contributed by atoms with van der Waals surface area (Å²) in [5.41, 5.74) is 1.39. The highest BCUT2D eigenvalue weighted by Gasteiger charge is 2.25. The monoisotopic (exact) mass is 354 g/mol. The number of hydrogen-bond acceptors (Lipinski definition) is 4. The molecule has 1 atom stereocenters. The third-order valence-electron chi connectivity index (χ3n) is 4.00. The van der Waals surface area contributed by atoms with Crippen LogP contribution in [0.5, 0.6) is 0 Å². The molecule has 1 unspecified atom stereocenters. The van der Waals surface area contributed by atoms with E-state index in [1.54, 1.807) is 24.3 Å². The summed E-state index contributed by atoms with van der Waals surface area (Å²) in [5, 5.41) is 1.69. The van der Waals surface area contributed by atoms with Crippen LogP contribution in [0.3, 0.4) is 0 Å². The van der Waals surface area contributed by atoms with Crippen molar-refractivity contribution in [1.29, 1.82) is 0 Å². The predicted molar refractivity (Wildman–Crippen MR) is 97.2 cm³/mol. The standard InChI is InChI=1S/C20H18O4S/c1-14-10-12-17(13-11-14)25(22,23)24-15(2)20(21)19-9-5-7-16-6-3-4-8-18(16)19/h3-13,15H,1-2H3. The molecule has 0 saturated heterocycles. The molecule has 25 heavy (non-hydrogen) atoms. The van der Waals surface area contributed by atoms with Crippen molar-refractivity contribution < 1.29 is 17.4 Å². The summed E-state index contributed by atoms with van der Waals surface area (Å²) in [5.74, 6) is -0.368. The van der Waals surface area contributed by atoms with E-state index in [1.165, 1.54) is 19.1 Å². The van der Waals surface area contributed by atoms with E-state index in [4.69, 9.17) is 4.18 Å². The maximum Gasteiger partial charge on any atom is 0.297 e. The van der Waals surface area contributed by atoms with Gasteiger partial charge in [-0.3, -0.25) is 8.98 Å². The van der Waals surface area contributed by atoms with Crippen molar-refractivity contribution >= 4 is 26.7 Å². The first-order chi connectivity index (χ1) is 11.9. The molecule has 0 amide bonds. The topological polar surface area (TPSA) is 60.4 Å². The lowest BCUT2D eigenvalue weighted by Crippen LogP contribution is -2.24. The SMILES string of the molecule is Cc1ccc(S(=O)(=O)OC(C)C(=O)c2cccc3ccccc23)cc1. The van der Waals surface area contributed by atoms with Gasteiger partial charge in [-0.05, 0) is 36.8 Å². The molecular weight excluding hydrogens is 336 g/mol. The van der Waals surface area contributed by atoms with Gasteiger partial charge < -0.3 is 0 Å². The zero-order valence-corrected chi connectivity index (χ0v) is 14.8. The maximum absolute atomic E-state index is 12.7. The quantitative estimate of drug-likeness (QED) is 0.511. The third kappa shape index (κ3) is 3.62. The van der Waals surface area contributed by atoms with Crippen LogP contribution in [0.15, 0.2) is 71.6 Å².